The van der Waals surface area contributed by atoms with Crippen LogP contribution in [0.2, 0.25) is 0 Å². The Kier molecular flexibility index (Phi) is 10.6. The summed E-state index contributed by atoms with van der Waals surface area (Å²) in [6.45, 7) is 26.9. The van der Waals surface area contributed by atoms with Gasteiger partial charge in [-0.05, 0) is 60.7 Å². The number of hydrogen-bond acceptors (Lipinski definition) is 0. The quantitative estimate of drug-likeness (QED) is 0.317. The molecule has 4 unspecified atom stereocenters. The van der Waals surface area contributed by atoms with Gasteiger partial charge in [-0.1, -0.05) is 79.2 Å². The summed E-state index contributed by atoms with van der Waals surface area (Å²) in [4.78, 5) is 0. The van der Waals surface area contributed by atoms with Gasteiger partial charge in [-0.3, -0.25) is 0 Å². The molecule has 0 spiro atoms. The van der Waals surface area contributed by atoms with E-state index >= 15 is 0 Å². The summed E-state index contributed by atoms with van der Waals surface area (Å²) in [5.41, 5.74) is 1.91. The maximum absolute atomic E-state index is 4.08. The molecular formula is C24H44. The monoisotopic (exact) mass is 332 g/mol. The molecule has 0 radical (unpaired) electrons. The van der Waals surface area contributed by atoms with E-state index in [0.29, 0.717) is 29.6 Å². The SMILES string of the molecule is C=CC(CC)C(C)CC(=CC(C)C(C)C)CC(C)(C)C(C=C)CC. The minimum atomic E-state index is 0.272. The predicted molar refractivity (Wildman–Crippen MR) is 112 cm³/mol. The van der Waals surface area contributed by atoms with E-state index < -0.39 is 0 Å². The number of hydrogen-bond donors (Lipinski definition) is 0. The van der Waals surface area contributed by atoms with Crippen LogP contribution in [0, 0.1) is 35.0 Å². The zero-order valence-electron chi connectivity index (χ0n) is 17.9. The molecule has 4 atom stereocenters. The van der Waals surface area contributed by atoms with E-state index in [0.717, 1.165) is 0 Å². The second kappa shape index (κ2) is 11.0. The number of rotatable bonds is 12. The molecule has 0 aromatic carbocycles. The largest absolute Gasteiger partial charge is 0.103 e. The van der Waals surface area contributed by atoms with E-state index in [2.05, 4.69) is 86.8 Å². The Morgan fingerprint density at radius 2 is 1.54 bits per heavy atom. The van der Waals surface area contributed by atoms with Gasteiger partial charge >= 0.3 is 0 Å². The molecule has 24 heavy (non-hydrogen) atoms. The standard InChI is InChI=1S/C24H44/c1-11-22(12-2)20(8)16-21(15-19(7)18(5)6)17-24(9,10)23(13-3)14-4/h11,13,15,18-20,22-23H,1,3,12,14,16-17H2,2,4-10H3. The Morgan fingerprint density at radius 3 is 1.92 bits per heavy atom. The fourth-order valence-corrected chi connectivity index (χ4v) is 3.88. The molecule has 0 aliphatic heterocycles. The summed E-state index contributed by atoms with van der Waals surface area (Å²) in [7, 11) is 0. The van der Waals surface area contributed by atoms with E-state index in [1.807, 2.05) is 0 Å². The second-order valence-corrected chi connectivity index (χ2v) is 8.83. The summed E-state index contributed by atoms with van der Waals surface area (Å²) in [5, 5.41) is 0. The lowest BCUT2D eigenvalue weighted by atomic mass is 9.71. The van der Waals surface area contributed by atoms with Crippen LogP contribution < -0.4 is 0 Å². The van der Waals surface area contributed by atoms with Crippen LogP contribution in [0.25, 0.3) is 0 Å². The van der Waals surface area contributed by atoms with Gasteiger partial charge in [0.2, 0.25) is 0 Å². The van der Waals surface area contributed by atoms with Crippen LogP contribution >= 0.6 is 0 Å². The van der Waals surface area contributed by atoms with Gasteiger partial charge in [0.25, 0.3) is 0 Å². The first-order valence-corrected chi connectivity index (χ1v) is 10.1. The van der Waals surface area contributed by atoms with Crippen molar-refractivity contribution in [1.29, 1.82) is 0 Å². The van der Waals surface area contributed by atoms with E-state index in [9.17, 15) is 0 Å². The van der Waals surface area contributed by atoms with Gasteiger partial charge in [-0.2, -0.15) is 0 Å². The van der Waals surface area contributed by atoms with Crippen LogP contribution in [-0.2, 0) is 0 Å². The zero-order chi connectivity index (χ0) is 18.9. The molecule has 0 aromatic rings. The van der Waals surface area contributed by atoms with Crippen LogP contribution in [0.5, 0.6) is 0 Å². The highest BCUT2D eigenvalue weighted by Crippen LogP contribution is 2.39. The van der Waals surface area contributed by atoms with E-state index in [1.54, 1.807) is 5.57 Å². The summed E-state index contributed by atoms with van der Waals surface area (Å²) in [6.07, 6.45) is 11.6. The predicted octanol–water partition coefficient (Wildman–Crippen LogP) is 8.07. The lowest BCUT2D eigenvalue weighted by Crippen LogP contribution is -2.24. The molecule has 0 amide bonds. The lowest BCUT2D eigenvalue weighted by molar-refractivity contribution is 0.243. The van der Waals surface area contributed by atoms with Gasteiger partial charge in [0.15, 0.2) is 0 Å². The van der Waals surface area contributed by atoms with Crippen molar-refractivity contribution in [2.45, 2.75) is 81.1 Å². The molecular weight excluding hydrogens is 288 g/mol. The van der Waals surface area contributed by atoms with Gasteiger partial charge in [0, 0.05) is 0 Å². The van der Waals surface area contributed by atoms with Crippen LogP contribution in [0.4, 0.5) is 0 Å². The maximum Gasteiger partial charge on any atom is -0.0184 e. The first kappa shape index (κ1) is 23.2. The van der Waals surface area contributed by atoms with Crippen molar-refractivity contribution in [1.82, 2.24) is 0 Å². The maximum atomic E-state index is 4.08. The van der Waals surface area contributed by atoms with Crippen LogP contribution in [-0.4, -0.2) is 0 Å². The van der Waals surface area contributed by atoms with Crippen molar-refractivity contribution in [2.24, 2.45) is 35.0 Å². The molecule has 0 heteroatoms. The summed E-state index contributed by atoms with van der Waals surface area (Å²) >= 11 is 0. The van der Waals surface area contributed by atoms with Crippen molar-refractivity contribution in [3.05, 3.63) is 37.0 Å². The fourth-order valence-electron chi connectivity index (χ4n) is 3.88. The third-order valence-electron chi connectivity index (χ3n) is 6.05. The first-order valence-electron chi connectivity index (χ1n) is 10.1. The minimum Gasteiger partial charge on any atom is -0.103 e. The summed E-state index contributed by atoms with van der Waals surface area (Å²) in [5.74, 6) is 3.19. The number of allylic oxidation sites excluding steroid dienone is 4. The topological polar surface area (TPSA) is 0 Å². The Balaban J connectivity index is 5.41. The van der Waals surface area contributed by atoms with Gasteiger partial charge in [0.05, 0.1) is 0 Å². The average molecular weight is 333 g/mol. The van der Waals surface area contributed by atoms with Crippen LogP contribution in [0.15, 0.2) is 37.0 Å². The molecule has 0 fully saturated rings. The molecule has 0 bridgehead atoms. The van der Waals surface area contributed by atoms with Gasteiger partial charge in [0.1, 0.15) is 0 Å². The van der Waals surface area contributed by atoms with Crippen molar-refractivity contribution in [3.8, 4) is 0 Å². The molecule has 0 saturated carbocycles. The molecule has 140 valence electrons. The molecule has 0 N–H and O–H groups in total. The van der Waals surface area contributed by atoms with Crippen molar-refractivity contribution < 1.29 is 0 Å². The first-order chi connectivity index (χ1) is 11.1. The van der Waals surface area contributed by atoms with Crippen molar-refractivity contribution in [3.63, 3.8) is 0 Å². The Bertz CT molecular complexity index is 396. The van der Waals surface area contributed by atoms with Crippen molar-refractivity contribution in [2.75, 3.05) is 0 Å². The minimum absolute atomic E-state index is 0.272. The third-order valence-corrected chi connectivity index (χ3v) is 6.05. The fraction of sp³-hybridized carbons (Fsp3) is 0.750. The molecule has 0 heterocycles. The summed E-state index contributed by atoms with van der Waals surface area (Å²) < 4.78 is 0. The Labute approximate surface area is 153 Å². The van der Waals surface area contributed by atoms with Gasteiger partial charge < -0.3 is 0 Å². The molecule has 0 aromatic heterocycles. The zero-order valence-corrected chi connectivity index (χ0v) is 17.9. The molecule has 0 rings (SSSR count). The highest BCUT2D eigenvalue weighted by atomic mass is 14.3. The van der Waals surface area contributed by atoms with E-state index in [4.69, 9.17) is 0 Å². The molecule has 0 aliphatic carbocycles. The highest BCUT2D eigenvalue weighted by molar-refractivity contribution is 5.11. The Morgan fingerprint density at radius 1 is 0.958 bits per heavy atom. The summed E-state index contributed by atoms with van der Waals surface area (Å²) in [6, 6.07) is 0. The Hall–Kier alpha value is -0.780. The van der Waals surface area contributed by atoms with Gasteiger partial charge in [-0.25, -0.2) is 0 Å². The highest BCUT2D eigenvalue weighted by Gasteiger charge is 2.28. The molecule has 0 nitrogen and oxygen atoms in total. The van der Waals surface area contributed by atoms with Crippen LogP contribution in [0.3, 0.4) is 0 Å². The lowest BCUT2D eigenvalue weighted by Gasteiger charge is -2.34. The normalized spacial score (nSPS) is 18.1. The van der Waals surface area contributed by atoms with Gasteiger partial charge in [-0.15, -0.1) is 13.2 Å². The second-order valence-electron chi connectivity index (χ2n) is 8.83. The average Bonchev–Trinajstić information content (AvgIpc) is 2.48. The smallest absolute Gasteiger partial charge is 0.0184 e. The third kappa shape index (κ3) is 7.41. The molecule has 0 aliphatic rings. The van der Waals surface area contributed by atoms with E-state index in [1.165, 1.54) is 25.7 Å². The van der Waals surface area contributed by atoms with Crippen LogP contribution in [0.1, 0.15) is 81.1 Å². The van der Waals surface area contributed by atoms with E-state index in [-0.39, 0.29) is 5.41 Å². The molecule has 0 saturated heterocycles. The van der Waals surface area contributed by atoms with Crippen molar-refractivity contribution >= 4 is 0 Å².